The van der Waals surface area contributed by atoms with E-state index < -0.39 is 0 Å². The Labute approximate surface area is 143 Å². The lowest BCUT2D eigenvalue weighted by molar-refractivity contribution is -0.131. The van der Waals surface area contributed by atoms with Gasteiger partial charge in [-0.1, -0.05) is 17.7 Å². The van der Waals surface area contributed by atoms with Crippen LogP contribution in [0.15, 0.2) is 18.2 Å². The summed E-state index contributed by atoms with van der Waals surface area (Å²) in [7, 11) is 1.62. The van der Waals surface area contributed by atoms with Crippen molar-refractivity contribution in [3.8, 4) is 5.75 Å². The lowest BCUT2D eigenvalue weighted by Gasteiger charge is -2.35. The Balaban J connectivity index is 1.91. The van der Waals surface area contributed by atoms with Crippen LogP contribution in [0.4, 0.5) is 4.79 Å². The minimum atomic E-state index is -0.0579. The van der Waals surface area contributed by atoms with Crippen LogP contribution in [0.5, 0.6) is 5.75 Å². The Bertz CT molecular complexity index is 593. The maximum Gasteiger partial charge on any atom is 0.317 e. The van der Waals surface area contributed by atoms with Crippen molar-refractivity contribution >= 4 is 11.9 Å². The zero-order valence-electron chi connectivity index (χ0n) is 15.0. The Kier molecular flexibility index (Phi) is 6.06. The highest BCUT2D eigenvalue weighted by Crippen LogP contribution is 2.21. The van der Waals surface area contributed by atoms with Crippen molar-refractivity contribution in [3.05, 3.63) is 29.3 Å². The molecular weight excluding hydrogens is 306 g/mol. The molecule has 1 aliphatic rings. The normalized spacial score (nSPS) is 14.7. The minimum absolute atomic E-state index is 0.0579. The van der Waals surface area contributed by atoms with Gasteiger partial charge >= 0.3 is 6.03 Å². The fourth-order valence-corrected chi connectivity index (χ4v) is 2.82. The van der Waals surface area contributed by atoms with E-state index in [1.165, 1.54) is 0 Å². The van der Waals surface area contributed by atoms with Gasteiger partial charge in [-0.3, -0.25) is 4.79 Å². The average Bonchev–Trinajstić information content (AvgIpc) is 2.54. The fourth-order valence-electron chi connectivity index (χ4n) is 2.82. The number of piperazine rings is 1. The molecule has 0 bridgehead atoms. The second-order valence-electron chi connectivity index (χ2n) is 6.46. The SMILES string of the molecule is COc1ccc(C)cc1CC(=O)N1CCN(C(=O)NC(C)C)CC1. The van der Waals surface area contributed by atoms with Gasteiger partial charge in [-0.15, -0.1) is 0 Å². The van der Waals surface area contributed by atoms with Gasteiger partial charge in [0.2, 0.25) is 5.91 Å². The lowest BCUT2D eigenvalue weighted by atomic mass is 10.1. The van der Waals surface area contributed by atoms with Gasteiger partial charge in [0.05, 0.1) is 13.5 Å². The smallest absolute Gasteiger partial charge is 0.317 e. The number of ether oxygens (including phenoxy) is 1. The number of nitrogens with one attached hydrogen (secondary N) is 1. The van der Waals surface area contributed by atoms with Crippen LogP contribution in [-0.4, -0.2) is 61.1 Å². The predicted octanol–water partition coefficient (Wildman–Crippen LogP) is 1.81. The molecule has 6 heteroatoms. The summed E-state index contributed by atoms with van der Waals surface area (Å²) in [6, 6.07) is 5.91. The molecule has 1 aliphatic heterocycles. The van der Waals surface area contributed by atoms with E-state index in [4.69, 9.17) is 4.74 Å². The summed E-state index contributed by atoms with van der Waals surface area (Å²) in [5, 5.41) is 2.88. The number of carbonyl (C=O) groups is 2. The average molecular weight is 333 g/mol. The molecule has 2 rings (SSSR count). The number of hydrogen-bond donors (Lipinski definition) is 1. The van der Waals surface area contributed by atoms with Gasteiger partial charge < -0.3 is 19.9 Å². The Morgan fingerprint density at radius 2 is 1.79 bits per heavy atom. The molecule has 0 aromatic heterocycles. The number of urea groups is 1. The van der Waals surface area contributed by atoms with Gasteiger partial charge in [-0.05, 0) is 26.8 Å². The van der Waals surface area contributed by atoms with Crippen molar-refractivity contribution in [1.82, 2.24) is 15.1 Å². The van der Waals surface area contributed by atoms with Crippen molar-refractivity contribution in [2.45, 2.75) is 33.2 Å². The van der Waals surface area contributed by atoms with Crippen LogP contribution in [0.2, 0.25) is 0 Å². The van der Waals surface area contributed by atoms with Crippen LogP contribution in [0.3, 0.4) is 0 Å². The van der Waals surface area contributed by atoms with E-state index in [0.29, 0.717) is 32.6 Å². The van der Waals surface area contributed by atoms with E-state index in [9.17, 15) is 9.59 Å². The number of benzene rings is 1. The third kappa shape index (κ3) is 4.63. The summed E-state index contributed by atoms with van der Waals surface area (Å²) in [5.74, 6) is 0.812. The van der Waals surface area contributed by atoms with Gasteiger partial charge in [0.25, 0.3) is 0 Å². The van der Waals surface area contributed by atoms with Gasteiger partial charge in [0.1, 0.15) is 5.75 Å². The third-order valence-electron chi connectivity index (χ3n) is 4.11. The summed E-state index contributed by atoms with van der Waals surface area (Å²) in [6.07, 6.45) is 0.322. The highest BCUT2D eigenvalue weighted by Gasteiger charge is 2.24. The molecule has 0 saturated carbocycles. The van der Waals surface area contributed by atoms with E-state index in [-0.39, 0.29) is 18.0 Å². The summed E-state index contributed by atoms with van der Waals surface area (Å²) in [4.78, 5) is 28.1. The summed E-state index contributed by atoms with van der Waals surface area (Å²) < 4.78 is 5.34. The van der Waals surface area contributed by atoms with Crippen molar-refractivity contribution < 1.29 is 14.3 Å². The molecule has 0 aliphatic carbocycles. The van der Waals surface area contributed by atoms with Gasteiger partial charge in [-0.2, -0.15) is 0 Å². The zero-order valence-corrected chi connectivity index (χ0v) is 15.0. The fraction of sp³-hybridized carbons (Fsp3) is 0.556. The first-order valence-corrected chi connectivity index (χ1v) is 8.37. The molecule has 1 aromatic carbocycles. The largest absolute Gasteiger partial charge is 0.496 e. The van der Waals surface area contributed by atoms with Crippen molar-refractivity contribution in [2.75, 3.05) is 33.3 Å². The molecule has 1 N–H and O–H groups in total. The number of hydrogen-bond acceptors (Lipinski definition) is 3. The molecule has 0 radical (unpaired) electrons. The molecule has 3 amide bonds. The molecule has 0 spiro atoms. The monoisotopic (exact) mass is 333 g/mol. The molecule has 1 aromatic rings. The molecule has 1 fully saturated rings. The van der Waals surface area contributed by atoms with Gasteiger partial charge in [0.15, 0.2) is 0 Å². The first kappa shape index (κ1) is 18.1. The molecule has 132 valence electrons. The van der Waals surface area contributed by atoms with Gasteiger partial charge in [-0.25, -0.2) is 4.79 Å². The topological polar surface area (TPSA) is 61.9 Å². The maximum absolute atomic E-state index is 12.6. The number of carbonyl (C=O) groups excluding carboxylic acids is 2. The van der Waals surface area contributed by atoms with Crippen molar-refractivity contribution in [2.24, 2.45) is 0 Å². The number of aryl methyl sites for hydroxylation is 1. The molecule has 1 saturated heterocycles. The Morgan fingerprint density at radius 3 is 2.38 bits per heavy atom. The quantitative estimate of drug-likeness (QED) is 0.914. The van der Waals surface area contributed by atoms with Crippen LogP contribution in [0.25, 0.3) is 0 Å². The number of methoxy groups -OCH3 is 1. The molecule has 24 heavy (non-hydrogen) atoms. The number of rotatable bonds is 4. The molecule has 1 heterocycles. The minimum Gasteiger partial charge on any atom is -0.496 e. The number of amides is 3. The second-order valence-corrected chi connectivity index (χ2v) is 6.46. The Morgan fingerprint density at radius 1 is 1.17 bits per heavy atom. The number of nitrogens with zero attached hydrogens (tertiary/aromatic N) is 2. The van der Waals surface area contributed by atoms with Crippen LogP contribution in [0.1, 0.15) is 25.0 Å². The second kappa shape index (κ2) is 8.04. The van der Waals surface area contributed by atoms with Gasteiger partial charge in [0, 0.05) is 37.8 Å². The standard InChI is InChI=1S/C18H27N3O3/c1-13(2)19-18(23)21-9-7-20(8-10-21)17(22)12-15-11-14(3)5-6-16(15)24-4/h5-6,11,13H,7-10,12H2,1-4H3,(H,19,23). The van der Waals surface area contributed by atoms with E-state index in [0.717, 1.165) is 16.9 Å². The van der Waals surface area contributed by atoms with Crippen LogP contribution >= 0.6 is 0 Å². The predicted molar refractivity (Wildman–Crippen MR) is 93.3 cm³/mol. The van der Waals surface area contributed by atoms with E-state index >= 15 is 0 Å². The van der Waals surface area contributed by atoms with E-state index in [1.54, 1.807) is 12.0 Å². The van der Waals surface area contributed by atoms with Crippen molar-refractivity contribution in [1.29, 1.82) is 0 Å². The zero-order chi connectivity index (χ0) is 17.7. The van der Waals surface area contributed by atoms with Crippen LogP contribution < -0.4 is 10.1 Å². The molecule has 6 nitrogen and oxygen atoms in total. The molecule has 0 unspecified atom stereocenters. The summed E-state index contributed by atoms with van der Waals surface area (Å²) in [6.45, 7) is 8.14. The molecular formula is C18H27N3O3. The first-order valence-electron chi connectivity index (χ1n) is 8.37. The maximum atomic E-state index is 12.6. The Hall–Kier alpha value is -2.24. The van der Waals surface area contributed by atoms with E-state index in [1.807, 2.05) is 43.9 Å². The summed E-state index contributed by atoms with van der Waals surface area (Å²) >= 11 is 0. The van der Waals surface area contributed by atoms with Crippen LogP contribution in [0, 0.1) is 6.92 Å². The highest BCUT2D eigenvalue weighted by atomic mass is 16.5. The first-order chi connectivity index (χ1) is 11.4. The highest BCUT2D eigenvalue weighted by molar-refractivity contribution is 5.80. The third-order valence-corrected chi connectivity index (χ3v) is 4.11. The van der Waals surface area contributed by atoms with Crippen molar-refractivity contribution in [3.63, 3.8) is 0 Å². The summed E-state index contributed by atoms with van der Waals surface area (Å²) in [5.41, 5.74) is 2.01. The van der Waals surface area contributed by atoms with Crippen LogP contribution in [-0.2, 0) is 11.2 Å². The lowest BCUT2D eigenvalue weighted by Crippen LogP contribution is -2.54. The van der Waals surface area contributed by atoms with E-state index in [2.05, 4.69) is 5.32 Å². The molecule has 0 atom stereocenters.